The molecule has 1 saturated heterocycles. The summed E-state index contributed by atoms with van der Waals surface area (Å²) >= 11 is 3.40. The average Bonchev–Trinajstić information content (AvgIpc) is 2.66. The van der Waals surface area contributed by atoms with Gasteiger partial charge >= 0.3 is 11.9 Å². The van der Waals surface area contributed by atoms with Crippen molar-refractivity contribution in [3.63, 3.8) is 0 Å². The molecule has 1 fully saturated rings. The zero-order valence-electron chi connectivity index (χ0n) is 14.6. The molecule has 1 aromatic carbocycles. The van der Waals surface area contributed by atoms with Crippen molar-refractivity contribution in [2.24, 2.45) is 11.8 Å². The molecule has 0 aliphatic carbocycles. The maximum absolute atomic E-state index is 13.1. The molecule has 2 aliphatic rings. The molecule has 0 radical (unpaired) electrons. The van der Waals surface area contributed by atoms with Gasteiger partial charge in [-0.25, -0.2) is 0 Å². The second kappa shape index (κ2) is 7.75. The first kappa shape index (κ1) is 18.8. The third-order valence-electron chi connectivity index (χ3n) is 4.86. The van der Waals surface area contributed by atoms with Crippen LogP contribution in [-0.2, 0) is 23.9 Å². The molecule has 0 bridgehead atoms. The number of carbonyl (C=O) groups excluding carboxylic acids is 3. The molecule has 2 aliphatic heterocycles. The zero-order valence-corrected chi connectivity index (χ0v) is 16.2. The van der Waals surface area contributed by atoms with Crippen molar-refractivity contribution >= 4 is 33.8 Å². The molecule has 3 atom stereocenters. The van der Waals surface area contributed by atoms with Crippen LogP contribution in [-0.4, -0.2) is 56.2 Å². The highest BCUT2D eigenvalue weighted by molar-refractivity contribution is 9.10. The van der Waals surface area contributed by atoms with Crippen molar-refractivity contribution in [1.29, 1.82) is 0 Å². The van der Waals surface area contributed by atoms with E-state index in [1.807, 2.05) is 0 Å². The number of ether oxygens (including phenoxy) is 3. The number of methoxy groups -OCH3 is 1. The van der Waals surface area contributed by atoms with E-state index in [9.17, 15) is 14.4 Å². The fourth-order valence-electron chi connectivity index (χ4n) is 3.50. The van der Waals surface area contributed by atoms with Crippen molar-refractivity contribution in [2.75, 3.05) is 33.4 Å². The van der Waals surface area contributed by atoms with E-state index in [1.54, 1.807) is 30.0 Å². The molecule has 7 nitrogen and oxygen atoms in total. The predicted molar refractivity (Wildman–Crippen MR) is 94.6 cm³/mol. The smallest absolute Gasteiger partial charge is 0.324 e. The lowest BCUT2D eigenvalue weighted by Gasteiger charge is -2.37. The van der Waals surface area contributed by atoms with Crippen LogP contribution in [0, 0.1) is 11.8 Å². The summed E-state index contributed by atoms with van der Waals surface area (Å²) in [6, 6.07) is 5.19. The zero-order chi connectivity index (χ0) is 18.8. The largest absolute Gasteiger partial charge is 0.469 e. The van der Waals surface area contributed by atoms with E-state index in [0.29, 0.717) is 37.6 Å². The summed E-state index contributed by atoms with van der Waals surface area (Å²) in [5.74, 6) is -3.53. The van der Waals surface area contributed by atoms with E-state index in [4.69, 9.17) is 14.2 Å². The Morgan fingerprint density at radius 2 is 2.00 bits per heavy atom. The summed E-state index contributed by atoms with van der Waals surface area (Å²) in [6.07, 6.45) is 0. The number of benzene rings is 1. The fraction of sp³-hybridized carbons (Fsp3) is 0.500. The first-order valence-electron chi connectivity index (χ1n) is 8.39. The van der Waals surface area contributed by atoms with Gasteiger partial charge in [-0.05, 0) is 18.2 Å². The summed E-state index contributed by atoms with van der Waals surface area (Å²) in [4.78, 5) is 39.6. The van der Waals surface area contributed by atoms with Crippen molar-refractivity contribution in [2.45, 2.75) is 12.8 Å². The lowest BCUT2D eigenvalue weighted by atomic mass is 9.75. The maximum Gasteiger partial charge on any atom is 0.324 e. The normalized spacial score (nSPS) is 23.7. The Morgan fingerprint density at radius 3 is 2.65 bits per heavy atom. The molecule has 26 heavy (non-hydrogen) atoms. The molecular weight excluding hydrogens is 406 g/mol. The highest BCUT2D eigenvalue weighted by atomic mass is 79.9. The van der Waals surface area contributed by atoms with Crippen molar-refractivity contribution in [1.82, 2.24) is 4.90 Å². The molecule has 140 valence electrons. The van der Waals surface area contributed by atoms with Gasteiger partial charge in [-0.1, -0.05) is 22.9 Å². The number of carbonyl (C=O) groups is 3. The van der Waals surface area contributed by atoms with Gasteiger partial charge < -0.3 is 19.1 Å². The molecule has 0 aromatic heterocycles. The van der Waals surface area contributed by atoms with Crippen LogP contribution in [0.5, 0.6) is 5.75 Å². The second-order valence-electron chi connectivity index (χ2n) is 6.36. The highest BCUT2D eigenvalue weighted by Gasteiger charge is 2.48. The SMILES string of the molecule is COC(=O)[C@H](C)[C@@H]1c2cc(Br)ccc2OC(=O)[C@H]1C(=O)N1CCOCC1. The number of esters is 2. The Kier molecular flexibility index (Phi) is 5.62. The van der Waals surface area contributed by atoms with Gasteiger partial charge in [0.05, 0.1) is 26.2 Å². The second-order valence-corrected chi connectivity index (χ2v) is 7.27. The van der Waals surface area contributed by atoms with Crippen molar-refractivity contribution < 1.29 is 28.6 Å². The number of amides is 1. The number of fused-ring (bicyclic) bond motifs is 1. The van der Waals surface area contributed by atoms with Crippen LogP contribution in [0.25, 0.3) is 0 Å². The molecule has 0 N–H and O–H groups in total. The Hall–Kier alpha value is -1.93. The molecule has 0 saturated carbocycles. The third kappa shape index (κ3) is 3.48. The quantitative estimate of drug-likeness (QED) is 0.416. The molecule has 0 spiro atoms. The van der Waals surface area contributed by atoms with Gasteiger partial charge in [-0.2, -0.15) is 0 Å². The third-order valence-corrected chi connectivity index (χ3v) is 5.35. The lowest BCUT2D eigenvalue weighted by molar-refractivity contribution is -0.157. The molecule has 8 heteroatoms. The average molecular weight is 426 g/mol. The Bertz CT molecular complexity index is 730. The van der Waals surface area contributed by atoms with Crippen LogP contribution in [0.4, 0.5) is 0 Å². The number of rotatable bonds is 3. The van der Waals surface area contributed by atoms with Gasteiger partial charge in [0.25, 0.3) is 0 Å². The summed E-state index contributed by atoms with van der Waals surface area (Å²) in [7, 11) is 1.29. The van der Waals surface area contributed by atoms with Crippen molar-refractivity contribution in [3.05, 3.63) is 28.2 Å². The Morgan fingerprint density at radius 1 is 1.31 bits per heavy atom. The minimum absolute atomic E-state index is 0.343. The Labute approximate surface area is 159 Å². The van der Waals surface area contributed by atoms with Crippen LogP contribution in [0.15, 0.2) is 22.7 Å². The molecular formula is C18H20BrNO6. The van der Waals surface area contributed by atoms with E-state index >= 15 is 0 Å². The summed E-state index contributed by atoms with van der Waals surface area (Å²) < 4.78 is 16.3. The van der Waals surface area contributed by atoms with E-state index in [-0.39, 0.29) is 5.91 Å². The minimum Gasteiger partial charge on any atom is -0.469 e. The van der Waals surface area contributed by atoms with Gasteiger partial charge in [0.1, 0.15) is 11.7 Å². The molecule has 0 unspecified atom stereocenters. The van der Waals surface area contributed by atoms with Crippen LogP contribution in [0.1, 0.15) is 18.4 Å². The first-order chi connectivity index (χ1) is 12.4. The summed E-state index contributed by atoms with van der Waals surface area (Å²) in [6.45, 7) is 3.33. The van der Waals surface area contributed by atoms with E-state index in [1.165, 1.54) is 7.11 Å². The maximum atomic E-state index is 13.1. The highest BCUT2D eigenvalue weighted by Crippen LogP contribution is 2.44. The molecule has 1 aromatic rings. The minimum atomic E-state index is -1.09. The van der Waals surface area contributed by atoms with E-state index in [0.717, 1.165) is 4.47 Å². The number of nitrogens with zero attached hydrogens (tertiary/aromatic N) is 1. The summed E-state index contributed by atoms with van der Waals surface area (Å²) in [5, 5.41) is 0. The Balaban J connectivity index is 2.03. The van der Waals surface area contributed by atoms with Crippen molar-refractivity contribution in [3.8, 4) is 5.75 Å². The molecule has 3 rings (SSSR count). The molecule has 2 heterocycles. The first-order valence-corrected chi connectivity index (χ1v) is 9.19. The molecule has 1 amide bonds. The topological polar surface area (TPSA) is 82.1 Å². The summed E-state index contributed by atoms with van der Waals surface area (Å²) in [5.41, 5.74) is 0.642. The number of hydrogen-bond donors (Lipinski definition) is 0. The van der Waals surface area contributed by atoms with Gasteiger partial charge in [0.2, 0.25) is 5.91 Å². The van der Waals surface area contributed by atoms with Crippen LogP contribution < -0.4 is 4.74 Å². The predicted octanol–water partition coefficient (Wildman–Crippen LogP) is 1.74. The number of morpholine rings is 1. The number of halogens is 1. The van der Waals surface area contributed by atoms with Crippen LogP contribution in [0.3, 0.4) is 0 Å². The van der Waals surface area contributed by atoms with E-state index < -0.39 is 29.7 Å². The van der Waals surface area contributed by atoms with Gasteiger partial charge in [-0.15, -0.1) is 0 Å². The van der Waals surface area contributed by atoms with Crippen LogP contribution in [0.2, 0.25) is 0 Å². The van der Waals surface area contributed by atoms with Gasteiger partial charge in [0.15, 0.2) is 0 Å². The van der Waals surface area contributed by atoms with Crippen LogP contribution >= 0.6 is 15.9 Å². The number of hydrogen-bond acceptors (Lipinski definition) is 6. The van der Waals surface area contributed by atoms with Gasteiger partial charge in [0, 0.05) is 29.0 Å². The monoisotopic (exact) mass is 425 g/mol. The lowest BCUT2D eigenvalue weighted by Crippen LogP contribution is -2.50. The van der Waals surface area contributed by atoms with E-state index in [2.05, 4.69) is 15.9 Å². The fourth-order valence-corrected chi connectivity index (χ4v) is 3.87. The standard InChI is InChI=1S/C18H20BrNO6/c1-10(17(22)24-2)14-12-9-11(19)3-4-13(12)26-18(23)15(14)16(21)20-5-7-25-8-6-20/h3-4,9-10,14-15H,5-8H2,1-2H3/t10-,14-,15-/m1/s1. The van der Waals surface area contributed by atoms with Gasteiger partial charge in [-0.3, -0.25) is 14.4 Å².